The first-order valence-corrected chi connectivity index (χ1v) is 5.56. The van der Waals surface area contributed by atoms with Crippen molar-refractivity contribution < 1.29 is 22.0 Å². The molecule has 0 fully saturated rings. The summed E-state index contributed by atoms with van der Waals surface area (Å²) in [6.45, 7) is 2.54. The van der Waals surface area contributed by atoms with E-state index in [4.69, 9.17) is 11.6 Å². The van der Waals surface area contributed by atoms with Crippen LogP contribution >= 0.6 is 11.6 Å². The van der Waals surface area contributed by atoms with Gasteiger partial charge in [-0.2, -0.15) is 0 Å². The minimum atomic E-state index is -0.509. The average Bonchev–Trinajstić information content (AvgIpc) is 2.17. The zero-order valence-electron chi connectivity index (χ0n) is 9.90. The molecule has 0 aliphatic heterocycles. The Morgan fingerprint density at radius 3 is 2.19 bits per heavy atom. The SMILES string of the molecule is CC(O)C(Cl)[N+](C)(C)Cc1ccccc1.[Cl-]. The molecule has 4 heteroatoms. The Morgan fingerprint density at radius 2 is 1.75 bits per heavy atom. The summed E-state index contributed by atoms with van der Waals surface area (Å²) in [6, 6.07) is 10.2. The van der Waals surface area contributed by atoms with Crippen LogP contribution in [0.1, 0.15) is 12.5 Å². The molecule has 16 heavy (non-hydrogen) atoms. The van der Waals surface area contributed by atoms with E-state index in [0.717, 1.165) is 6.54 Å². The average molecular weight is 264 g/mol. The molecule has 0 aromatic heterocycles. The summed E-state index contributed by atoms with van der Waals surface area (Å²) in [7, 11) is 4.05. The standard InChI is InChI=1S/C12H19ClNO.ClH/c1-10(15)12(13)14(2,3)9-11-7-5-4-6-8-11;/h4-8,10,12,15H,9H2,1-3H3;1H/q+1;/p-1. The fourth-order valence-corrected chi connectivity index (χ4v) is 1.79. The number of benzene rings is 1. The first-order chi connectivity index (χ1) is 6.93. The number of hydrogen-bond acceptors (Lipinski definition) is 1. The van der Waals surface area contributed by atoms with Gasteiger partial charge in [-0.25, -0.2) is 0 Å². The van der Waals surface area contributed by atoms with Crippen LogP contribution in [-0.4, -0.2) is 35.3 Å². The van der Waals surface area contributed by atoms with E-state index in [0.29, 0.717) is 4.48 Å². The highest BCUT2D eigenvalue weighted by molar-refractivity contribution is 6.19. The number of nitrogens with zero attached hydrogens (tertiary/aromatic N) is 1. The maximum absolute atomic E-state index is 9.49. The molecule has 0 amide bonds. The highest BCUT2D eigenvalue weighted by atomic mass is 35.5. The minimum absolute atomic E-state index is 0. The smallest absolute Gasteiger partial charge is 0.190 e. The lowest BCUT2D eigenvalue weighted by molar-refractivity contribution is -0.918. The van der Waals surface area contributed by atoms with Gasteiger partial charge in [0.25, 0.3) is 0 Å². The normalized spacial score (nSPS) is 15.1. The molecule has 0 saturated heterocycles. The van der Waals surface area contributed by atoms with Crippen LogP contribution in [0.3, 0.4) is 0 Å². The van der Waals surface area contributed by atoms with Crippen molar-refractivity contribution in [1.82, 2.24) is 0 Å². The van der Waals surface area contributed by atoms with Crippen LogP contribution in [0.25, 0.3) is 0 Å². The molecule has 2 unspecified atom stereocenters. The van der Waals surface area contributed by atoms with E-state index in [2.05, 4.69) is 12.1 Å². The van der Waals surface area contributed by atoms with Gasteiger partial charge < -0.3 is 22.0 Å². The highest BCUT2D eigenvalue weighted by Gasteiger charge is 2.30. The minimum Gasteiger partial charge on any atom is -1.00 e. The quantitative estimate of drug-likeness (QED) is 0.429. The molecule has 2 atom stereocenters. The maximum atomic E-state index is 9.49. The molecular weight excluding hydrogens is 245 g/mol. The number of alkyl halides is 1. The summed E-state index contributed by atoms with van der Waals surface area (Å²) in [4.78, 5) is 0. The molecular formula is C12H19Cl2NO. The van der Waals surface area contributed by atoms with E-state index < -0.39 is 6.10 Å². The van der Waals surface area contributed by atoms with E-state index in [-0.39, 0.29) is 17.9 Å². The van der Waals surface area contributed by atoms with Crippen LogP contribution in [0.4, 0.5) is 0 Å². The van der Waals surface area contributed by atoms with Crippen LogP contribution in [0.2, 0.25) is 0 Å². The molecule has 0 radical (unpaired) electrons. The van der Waals surface area contributed by atoms with Crippen molar-refractivity contribution in [3.05, 3.63) is 35.9 Å². The predicted octanol–water partition coefficient (Wildman–Crippen LogP) is -0.787. The van der Waals surface area contributed by atoms with Crippen LogP contribution in [0.5, 0.6) is 0 Å². The summed E-state index contributed by atoms with van der Waals surface area (Å²) in [5, 5.41) is 9.49. The number of quaternary nitrogens is 1. The number of aliphatic hydroxyl groups excluding tert-OH is 1. The van der Waals surface area contributed by atoms with Gasteiger partial charge in [-0.1, -0.05) is 41.9 Å². The molecule has 2 nitrogen and oxygen atoms in total. The number of hydrogen-bond donors (Lipinski definition) is 1. The maximum Gasteiger partial charge on any atom is 0.190 e. The van der Waals surface area contributed by atoms with Crippen molar-refractivity contribution >= 4 is 11.6 Å². The highest BCUT2D eigenvalue weighted by Crippen LogP contribution is 2.19. The Kier molecular flexibility index (Phi) is 6.34. The van der Waals surface area contributed by atoms with Crippen molar-refractivity contribution in [2.45, 2.75) is 25.1 Å². The Labute approximate surface area is 109 Å². The summed E-state index contributed by atoms with van der Waals surface area (Å²) < 4.78 is 0.573. The van der Waals surface area contributed by atoms with Crippen molar-refractivity contribution in [3.8, 4) is 0 Å². The number of rotatable bonds is 4. The first kappa shape index (κ1) is 15.7. The number of likely N-dealkylation sites (N-methyl/N-ethyl adjacent to an activating group) is 1. The van der Waals surface area contributed by atoms with Gasteiger partial charge in [0.2, 0.25) is 0 Å². The molecule has 1 N–H and O–H groups in total. The van der Waals surface area contributed by atoms with Gasteiger partial charge in [-0.3, -0.25) is 0 Å². The number of halogens is 2. The fraction of sp³-hybridized carbons (Fsp3) is 0.500. The second kappa shape index (κ2) is 6.45. The summed E-state index contributed by atoms with van der Waals surface area (Å²) in [5.41, 5.74) is 0.944. The monoisotopic (exact) mass is 263 g/mol. The van der Waals surface area contributed by atoms with Gasteiger partial charge >= 0.3 is 0 Å². The van der Waals surface area contributed by atoms with Gasteiger partial charge in [0.15, 0.2) is 5.50 Å². The lowest BCUT2D eigenvalue weighted by Crippen LogP contribution is -3.00. The Morgan fingerprint density at radius 1 is 1.25 bits per heavy atom. The third-order valence-corrected chi connectivity index (χ3v) is 3.39. The van der Waals surface area contributed by atoms with Gasteiger partial charge in [0, 0.05) is 5.56 Å². The van der Waals surface area contributed by atoms with E-state index in [1.807, 2.05) is 32.3 Å². The first-order valence-electron chi connectivity index (χ1n) is 5.12. The Hall–Kier alpha value is -0.280. The zero-order chi connectivity index (χ0) is 11.5. The molecule has 0 bridgehead atoms. The third-order valence-electron chi connectivity index (χ3n) is 2.50. The lowest BCUT2D eigenvalue weighted by Gasteiger charge is -2.35. The van der Waals surface area contributed by atoms with E-state index in [1.54, 1.807) is 6.92 Å². The molecule has 92 valence electrons. The van der Waals surface area contributed by atoms with Gasteiger partial charge in [0.1, 0.15) is 12.6 Å². The third kappa shape index (κ3) is 4.30. The second-order valence-corrected chi connectivity index (χ2v) is 4.98. The summed E-state index contributed by atoms with van der Waals surface area (Å²) in [6.07, 6.45) is -0.509. The Balaban J connectivity index is 0.00000225. The summed E-state index contributed by atoms with van der Waals surface area (Å²) >= 11 is 6.18. The van der Waals surface area contributed by atoms with Crippen molar-refractivity contribution in [2.24, 2.45) is 0 Å². The Bertz CT molecular complexity index is 301. The lowest BCUT2D eigenvalue weighted by atomic mass is 10.2. The van der Waals surface area contributed by atoms with Crippen LogP contribution in [0.15, 0.2) is 30.3 Å². The molecule has 1 aromatic carbocycles. The van der Waals surface area contributed by atoms with Crippen LogP contribution < -0.4 is 12.4 Å². The second-order valence-electron chi connectivity index (χ2n) is 4.54. The van der Waals surface area contributed by atoms with Crippen LogP contribution in [0, 0.1) is 0 Å². The topological polar surface area (TPSA) is 20.2 Å². The largest absolute Gasteiger partial charge is 1.00 e. The predicted molar refractivity (Wildman–Crippen MR) is 63.6 cm³/mol. The van der Waals surface area contributed by atoms with Gasteiger partial charge in [-0.05, 0) is 6.92 Å². The zero-order valence-corrected chi connectivity index (χ0v) is 11.4. The molecule has 1 aromatic rings. The van der Waals surface area contributed by atoms with Crippen molar-refractivity contribution in [2.75, 3.05) is 14.1 Å². The van der Waals surface area contributed by atoms with Crippen molar-refractivity contribution in [1.29, 1.82) is 0 Å². The van der Waals surface area contributed by atoms with Gasteiger partial charge in [-0.15, -0.1) is 0 Å². The summed E-state index contributed by atoms with van der Waals surface area (Å²) in [5.74, 6) is 0. The molecule has 0 aliphatic rings. The molecule has 0 aliphatic carbocycles. The molecule has 0 heterocycles. The van der Waals surface area contributed by atoms with E-state index in [9.17, 15) is 5.11 Å². The van der Waals surface area contributed by atoms with E-state index >= 15 is 0 Å². The molecule has 1 rings (SSSR count). The number of aliphatic hydroxyl groups is 1. The van der Waals surface area contributed by atoms with Crippen LogP contribution in [-0.2, 0) is 6.54 Å². The molecule has 0 spiro atoms. The van der Waals surface area contributed by atoms with Gasteiger partial charge in [0.05, 0.1) is 14.1 Å². The van der Waals surface area contributed by atoms with Crippen molar-refractivity contribution in [3.63, 3.8) is 0 Å². The molecule has 0 saturated carbocycles. The van der Waals surface area contributed by atoms with E-state index in [1.165, 1.54) is 5.56 Å². The fourth-order valence-electron chi connectivity index (χ4n) is 1.73.